The number of hydrogen-bond donors (Lipinski definition) is 2. The summed E-state index contributed by atoms with van der Waals surface area (Å²) in [4.78, 5) is 26.3. The molecular weight excluding hydrogens is 364 g/mol. The van der Waals surface area contributed by atoms with Crippen LogP contribution in [-0.2, 0) is 20.7 Å². The quantitative estimate of drug-likeness (QED) is 0.752. The summed E-state index contributed by atoms with van der Waals surface area (Å²) >= 11 is 0. The van der Waals surface area contributed by atoms with Gasteiger partial charge < -0.3 is 25.3 Å². The first-order valence-electron chi connectivity index (χ1n) is 8.85. The molecule has 1 aromatic heterocycles. The van der Waals surface area contributed by atoms with Gasteiger partial charge in [0.05, 0.1) is 23.9 Å². The van der Waals surface area contributed by atoms with Crippen molar-refractivity contribution < 1.29 is 30.0 Å². The predicted molar refractivity (Wildman–Crippen MR) is 105 cm³/mol. The second kappa shape index (κ2) is 9.29. The predicted octanol–water partition coefficient (Wildman–Crippen LogP) is 1.97. The molecule has 0 amide bonds. The largest absolute Gasteiger partial charge is 0.478 e. The SMILES string of the molecule is CN1CCOC2CCCc3nc4ccccc4c1c32.O.O=C(O)/C=C\C(=O)O. The van der Waals surface area contributed by atoms with E-state index in [0.29, 0.717) is 12.2 Å². The number of aryl methyl sites for hydroxylation is 1. The van der Waals surface area contributed by atoms with Gasteiger partial charge in [-0.2, -0.15) is 0 Å². The molecule has 1 aromatic carbocycles. The minimum atomic E-state index is -1.26. The molecule has 28 heavy (non-hydrogen) atoms. The number of likely N-dealkylation sites (N-methyl/N-ethyl adjacent to an activating group) is 1. The number of para-hydroxylation sites is 1. The number of rotatable bonds is 2. The standard InChI is InChI=1S/C16H18N2O.C4H4O4.H2O/c1-18-9-10-19-14-8-4-7-13-15(14)16(18)11-5-2-3-6-12(11)17-13;5-3(6)1-2-4(7)8;/h2-3,5-6,14H,4,7-10H2,1H3;1-2H,(H,5,6)(H,7,8);1H2/b;2-1-;. The lowest BCUT2D eigenvalue weighted by molar-refractivity contribution is -0.134. The summed E-state index contributed by atoms with van der Waals surface area (Å²) in [6.45, 7) is 1.76. The number of carboxylic acid groups (broad SMARTS) is 2. The third-order valence-corrected chi connectivity index (χ3v) is 4.68. The van der Waals surface area contributed by atoms with Crippen molar-refractivity contribution in [2.45, 2.75) is 25.4 Å². The number of benzene rings is 1. The Hall–Kier alpha value is -2.97. The molecule has 0 saturated heterocycles. The highest BCUT2D eigenvalue weighted by Crippen LogP contribution is 2.43. The van der Waals surface area contributed by atoms with Crippen molar-refractivity contribution in [3.05, 3.63) is 47.7 Å². The molecule has 4 rings (SSSR count). The summed E-state index contributed by atoms with van der Waals surface area (Å²) in [7, 11) is 2.17. The van der Waals surface area contributed by atoms with Crippen LogP contribution in [0.1, 0.15) is 30.2 Å². The van der Waals surface area contributed by atoms with E-state index in [0.717, 1.165) is 31.5 Å². The van der Waals surface area contributed by atoms with Crippen LogP contribution in [-0.4, -0.2) is 52.8 Å². The smallest absolute Gasteiger partial charge is 0.328 e. The van der Waals surface area contributed by atoms with Crippen LogP contribution in [0, 0.1) is 0 Å². The average Bonchev–Trinajstić information content (AvgIpc) is 2.81. The van der Waals surface area contributed by atoms with Crippen molar-refractivity contribution in [2.24, 2.45) is 0 Å². The molecule has 1 aliphatic carbocycles. The van der Waals surface area contributed by atoms with E-state index in [1.54, 1.807) is 0 Å². The maximum Gasteiger partial charge on any atom is 0.328 e. The van der Waals surface area contributed by atoms with Crippen molar-refractivity contribution in [3.8, 4) is 0 Å². The fourth-order valence-corrected chi connectivity index (χ4v) is 3.55. The number of anilines is 1. The maximum atomic E-state index is 9.55. The van der Waals surface area contributed by atoms with Gasteiger partial charge >= 0.3 is 11.9 Å². The third-order valence-electron chi connectivity index (χ3n) is 4.68. The molecule has 2 heterocycles. The van der Waals surface area contributed by atoms with Crippen LogP contribution in [0.4, 0.5) is 5.69 Å². The highest BCUT2D eigenvalue weighted by Gasteiger charge is 2.30. The molecule has 150 valence electrons. The number of ether oxygens (including phenoxy) is 1. The van der Waals surface area contributed by atoms with Crippen molar-refractivity contribution in [1.82, 2.24) is 4.98 Å². The summed E-state index contributed by atoms with van der Waals surface area (Å²) in [5, 5.41) is 16.9. The molecule has 1 atom stereocenters. The molecule has 2 aromatic rings. The number of carboxylic acids is 2. The van der Waals surface area contributed by atoms with Gasteiger partial charge in [-0.25, -0.2) is 9.59 Å². The van der Waals surface area contributed by atoms with Gasteiger partial charge in [0.25, 0.3) is 0 Å². The number of aromatic nitrogens is 1. The Kier molecular flexibility index (Phi) is 7.08. The highest BCUT2D eigenvalue weighted by atomic mass is 16.5. The zero-order chi connectivity index (χ0) is 19.4. The van der Waals surface area contributed by atoms with E-state index in [1.165, 1.54) is 28.8 Å². The maximum absolute atomic E-state index is 9.55. The molecule has 2 aliphatic rings. The van der Waals surface area contributed by atoms with E-state index in [2.05, 4.69) is 36.2 Å². The van der Waals surface area contributed by atoms with Crippen molar-refractivity contribution in [3.63, 3.8) is 0 Å². The van der Waals surface area contributed by atoms with Crippen LogP contribution in [0.25, 0.3) is 10.9 Å². The van der Waals surface area contributed by atoms with Gasteiger partial charge in [0.15, 0.2) is 0 Å². The van der Waals surface area contributed by atoms with Crippen LogP contribution in [0.3, 0.4) is 0 Å². The molecule has 0 spiro atoms. The fraction of sp³-hybridized carbons (Fsp3) is 0.350. The van der Waals surface area contributed by atoms with E-state index in [1.807, 2.05) is 0 Å². The van der Waals surface area contributed by atoms with Crippen LogP contribution in [0.5, 0.6) is 0 Å². The Morgan fingerprint density at radius 3 is 2.57 bits per heavy atom. The van der Waals surface area contributed by atoms with E-state index in [-0.39, 0.29) is 11.6 Å². The van der Waals surface area contributed by atoms with Gasteiger partial charge in [0.2, 0.25) is 0 Å². The molecule has 8 heteroatoms. The zero-order valence-corrected chi connectivity index (χ0v) is 15.6. The second-order valence-electron chi connectivity index (χ2n) is 6.52. The number of fused-ring (bicyclic) bond motifs is 2. The summed E-state index contributed by atoms with van der Waals surface area (Å²) in [6.07, 6.45) is 4.77. The lowest BCUT2D eigenvalue weighted by Crippen LogP contribution is -2.21. The first kappa shape index (κ1) is 21.3. The molecule has 0 radical (unpaired) electrons. The molecule has 1 unspecified atom stereocenters. The molecule has 8 nitrogen and oxygen atoms in total. The minimum absolute atomic E-state index is 0. The van der Waals surface area contributed by atoms with E-state index in [4.69, 9.17) is 19.9 Å². The van der Waals surface area contributed by atoms with Crippen LogP contribution >= 0.6 is 0 Å². The second-order valence-corrected chi connectivity index (χ2v) is 6.52. The monoisotopic (exact) mass is 388 g/mol. The van der Waals surface area contributed by atoms with E-state index in [9.17, 15) is 9.59 Å². The number of hydrogen-bond acceptors (Lipinski definition) is 5. The number of pyridine rings is 1. The van der Waals surface area contributed by atoms with Gasteiger partial charge in [-0.15, -0.1) is 0 Å². The van der Waals surface area contributed by atoms with Gasteiger partial charge in [-0.1, -0.05) is 18.2 Å². The topological polar surface area (TPSA) is 131 Å². The summed E-state index contributed by atoms with van der Waals surface area (Å²) < 4.78 is 6.05. The van der Waals surface area contributed by atoms with E-state index < -0.39 is 11.9 Å². The van der Waals surface area contributed by atoms with Crippen molar-refractivity contribution in [1.29, 1.82) is 0 Å². The lowest BCUT2D eigenvalue weighted by atomic mass is 9.90. The Morgan fingerprint density at radius 2 is 1.89 bits per heavy atom. The van der Waals surface area contributed by atoms with Crippen LogP contribution in [0.2, 0.25) is 0 Å². The van der Waals surface area contributed by atoms with Crippen LogP contribution in [0.15, 0.2) is 36.4 Å². The van der Waals surface area contributed by atoms with Crippen molar-refractivity contribution >= 4 is 28.5 Å². The first-order chi connectivity index (χ1) is 13.0. The van der Waals surface area contributed by atoms with Crippen molar-refractivity contribution in [2.75, 3.05) is 25.1 Å². The Balaban J connectivity index is 0.000000270. The number of carbonyl (C=O) groups is 2. The first-order valence-corrected chi connectivity index (χ1v) is 8.85. The molecule has 0 fully saturated rings. The highest BCUT2D eigenvalue weighted by molar-refractivity contribution is 5.94. The number of aliphatic carboxylic acids is 2. The Bertz CT molecular complexity index is 880. The molecule has 4 N–H and O–H groups in total. The molecule has 0 saturated carbocycles. The minimum Gasteiger partial charge on any atom is -0.478 e. The summed E-state index contributed by atoms with van der Waals surface area (Å²) in [5.41, 5.74) is 5.07. The summed E-state index contributed by atoms with van der Waals surface area (Å²) in [6, 6.07) is 8.48. The van der Waals surface area contributed by atoms with Gasteiger partial charge in [0, 0.05) is 42.4 Å². The van der Waals surface area contributed by atoms with Crippen LogP contribution < -0.4 is 4.90 Å². The molecule has 0 bridgehead atoms. The van der Waals surface area contributed by atoms with E-state index >= 15 is 0 Å². The summed E-state index contributed by atoms with van der Waals surface area (Å²) in [5.74, 6) is -2.51. The fourth-order valence-electron chi connectivity index (χ4n) is 3.55. The van der Waals surface area contributed by atoms with Gasteiger partial charge in [-0.3, -0.25) is 4.98 Å². The average molecular weight is 388 g/mol. The van der Waals surface area contributed by atoms with Gasteiger partial charge in [-0.05, 0) is 25.3 Å². The zero-order valence-electron chi connectivity index (χ0n) is 15.6. The Labute approximate surface area is 162 Å². The third kappa shape index (κ3) is 4.65. The van der Waals surface area contributed by atoms with Gasteiger partial charge in [0.1, 0.15) is 0 Å². The Morgan fingerprint density at radius 1 is 1.21 bits per heavy atom. The lowest BCUT2D eigenvalue weighted by Gasteiger charge is -2.28. The normalized spacial score (nSPS) is 17.8. The molecular formula is C20H24N2O6. The number of nitrogens with zero attached hydrogens (tertiary/aromatic N) is 2. The molecule has 1 aliphatic heterocycles.